The molecular weight excluding hydrogens is 427 g/mol. The van der Waals surface area contributed by atoms with Crippen molar-refractivity contribution in [3.05, 3.63) is 62.4 Å². The van der Waals surface area contributed by atoms with Gasteiger partial charge >= 0.3 is 0 Å². The number of nitrogens with zero attached hydrogens (tertiary/aromatic N) is 1. The van der Waals surface area contributed by atoms with E-state index in [0.717, 1.165) is 11.1 Å². The van der Waals surface area contributed by atoms with Gasteiger partial charge in [-0.1, -0.05) is 34.8 Å². The molecule has 3 aromatic rings. The Morgan fingerprint density at radius 3 is 2.56 bits per heavy atom. The van der Waals surface area contributed by atoms with Gasteiger partial charge in [-0.15, -0.1) is 11.3 Å². The van der Waals surface area contributed by atoms with Crippen molar-refractivity contribution in [2.45, 2.75) is 20.0 Å². The number of amides is 1. The molecule has 1 N–H and O–H groups in total. The highest BCUT2D eigenvalue weighted by Crippen LogP contribution is 2.32. The summed E-state index contributed by atoms with van der Waals surface area (Å²) < 4.78 is 5.73. The third-order valence-corrected chi connectivity index (χ3v) is 5.29. The summed E-state index contributed by atoms with van der Waals surface area (Å²) in [6.07, 6.45) is -0.698. The third kappa shape index (κ3) is 4.93. The molecule has 0 saturated carbocycles. The number of carbonyl (C=O) groups is 1. The number of halogens is 3. The lowest BCUT2D eigenvalue weighted by Crippen LogP contribution is -2.30. The lowest BCUT2D eigenvalue weighted by molar-refractivity contribution is -0.122. The quantitative estimate of drug-likeness (QED) is 0.492. The minimum absolute atomic E-state index is 0.299. The highest BCUT2D eigenvalue weighted by molar-refractivity contribution is 7.14. The summed E-state index contributed by atoms with van der Waals surface area (Å²) in [5, 5.41) is 6.71. The summed E-state index contributed by atoms with van der Waals surface area (Å²) in [6, 6.07) is 10.4. The summed E-state index contributed by atoms with van der Waals surface area (Å²) >= 11 is 19.4. The van der Waals surface area contributed by atoms with Gasteiger partial charge in [0.15, 0.2) is 11.2 Å². The highest BCUT2D eigenvalue weighted by Gasteiger charge is 2.18. The molecule has 0 radical (unpaired) electrons. The Labute approximate surface area is 176 Å². The topological polar surface area (TPSA) is 51.2 Å². The maximum Gasteiger partial charge on any atom is 0.266 e. The van der Waals surface area contributed by atoms with Crippen molar-refractivity contribution in [1.82, 2.24) is 4.98 Å². The van der Waals surface area contributed by atoms with Crippen LogP contribution >= 0.6 is 46.1 Å². The highest BCUT2D eigenvalue weighted by atomic mass is 35.5. The van der Waals surface area contributed by atoms with E-state index < -0.39 is 6.10 Å². The molecule has 0 spiro atoms. The molecule has 4 nitrogen and oxygen atoms in total. The monoisotopic (exact) mass is 440 g/mol. The Balaban J connectivity index is 1.68. The molecule has 1 atom stereocenters. The Morgan fingerprint density at radius 2 is 1.85 bits per heavy atom. The van der Waals surface area contributed by atoms with Crippen molar-refractivity contribution >= 4 is 57.2 Å². The van der Waals surface area contributed by atoms with E-state index in [-0.39, 0.29) is 5.91 Å². The number of anilines is 1. The van der Waals surface area contributed by atoms with Gasteiger partial charge in [0.25, 0.3) is 5.91 Å². The second-order valence-electron chi connectivity index (χ2n) is 5.82. The second-order valence-corrected chi connectivity index (χ2v) is 7.96. The SMILES string of the molecule is Cc1cc(Cl)ccc1OC(C)C(=O)Nc1nc(-c2ccc(Cl)cc2Cl)cs1. The number of rotatable bonds is 5. The molecule has 3 rings (SSSR count). The van der Waals surface area contributed by atoms with Crippen molar-refractivity contribution in [2.24, 2.45) is 0 Å². The summed E-state index contributed by atoms with van der Waals surface area (Å²) in [5.74, 6) is 0.308. The van der Waals surface area contributed by atoms with Crippen molar-refractivity contribution in [3.8, 4) is 17.0 Å². The minimum Gasteiger partial charge on any atom is -0.481 e. The van der Waals surface area contributed by atoms with E-state index in [1.807, 2.05) is 12.3 Å². The standard InChI is InChI=1S/C19H15Cl3N2O2S/c1-10-7-12(20)4-6-17(10)26-11(2)18(25)24-19-23-16(9-27-19)14-5-3-13(21)8-15(14)22/h3-9,11H,1-2H3,(H,23,24,25). The fourth-order valence-corrected chi connectivity index (χ4v) is 3.79. The van der Waals surface area contributed by atoms with E-state index in [0.29, 0.717) is 31.6 Å². The van der Waals surface area contributed by atoms with Crippen LogP contribution in [-0.2, 0) is 4.79 Å². The van der Waals surface area contributed by atoms with E-state index in [9.17, 15) is 4.79 Å². The molecule has 140 valence electrons. The Hall–Kier alpha value is -1.79. The van der Waals surface area contributed by atoms with Crippen LogP contribution in [0, 0.1) is 6.92 Å². The predicted octanol–water partition coefficient (Wildman–Crippen LogP) is 6.48. The number of hydrogen-bond acceptors (Lipinski definition) is 4. The molecule has 0 bridgehead atoms. The van der Waals surface area contributed by atoms with Gasteiger partial charge in [0.1, 0.15) is 5.75 Å². The number of ether oxygens (including phenoxy) is 1. The van der Waals surface area contributed by atoms with Crippen LogP contribution in [0.1, 0.15) is 12.5 Å². The zero-order chi connectivity index (χ0) is 19.6. The Bertz CT molecular complexity index is 991. The van der Waals surface area contributed by atoms with Gasteiger partial charge in [-0.05, 0) is 55.8 Å². The molecule has 1 heterocycles. The van der Waals surface area contributed by atoms with Gasteiger partial charge in [0.2, 0.25) is 0 Å². The number of carbonyl (C=O) groups excluding carboxylic acids is 1. The van der Waals surface area contributed by atoms with Gasteiger partial charge in [-0.3, -0.25) is 10.1 Å². The van der Waals surface area contributed by atoms with E-state index in [1.54, 1.807) is 43.3 Å². The molecule has 8 heteroatoms. The molecule has 2 aromatic carbocycles. The fourth-order valence-electron chi connectivity index (χ4n) is 2.35. The number of thiazole rings is 1. The first kappa shape index (κ1) is 20.0. The first-order valence-corrected chi connectivity index (χ1v) is 9.99. The van der Waals surface area contributed by atoms with Crippen LogP contribution in [0.2, 0.25) is 15.1 Å². The van der Waals surface area contributed by atoms with E-state index in [2.05, 4.69) is 10.3 Å². The van der Waals surface area contributed by atoms with Gasteiger partial charge in [0.05, 0.1) is 10.7 Å². The molecule has 27 heavy (non-hydrogen) atoms. The smallest absolute Gasteiger partial charge is 0.266 e. The van der Waals surface area contributed by atoms with Crippen molar-refractivity contribution < 1.29 is 9.53 Å². The molecule has 0 aliphatic carbocycles. The summed E-state index contributed by atoms with van der Waals surface area (Å²) in [7, 11) is 0. The predicted molar refractivity (Wildman–Crippen MR) is 112 cm³/mol. The maximum absolute atomic E-state index is 12.4. The third-order valence-electron chi connectivity index (χ3n) is 3.75. The number of benzene rings is 2. The maximum atomic E-state index is 12.4. The van der Waals surface area contributed by atoms with Crippen LogP contribution < -0.4 is 10.1 Å². The molecule has 1 unspecified atom stereocenters. The number of aryl methyl sites for hydroxylation is 1. The second kappa shape index (κ2) is 8.48. The molecular formula is C19H15Cl3N2O2S. The summed E-state index contributed by atoms with van der Waals surface area (Å²) in [4.78, 5) is 16.8. The lowest BCUT2D eigenvalue weighted by Gasteiger charge is -2.15. The van der Waals surface area contributed by atoms with E-state index in [1.165, 1.54) is 11.3 Å². The van der Waals surface area contributed by atoms with Crippen LogP contribution in [-0.4, -0.2) is 17.0 Å². The first-order chi connectivity index (χ1) is 12.8. The average molecular weight is 442 g/mol. The molecule has 0 aliphatic heterocycles. The Kier molecular flexibility index (Phi) is 6.27. The van der Waals surface area contributed by atoms with Crippen LogP contribution in [0.25, 0.3) is 11.3 Å². The van der Waals surface area contributed by atoms with E-state index >= 15 is 0 Å². The fraction of sp³-hybridized carbons (Fsp3) is 0.158. The molecule has 0 fully saturated rings. The number of hydrogen-bond donors (Lipinski definition) is 1. The molecule has 1 aromatic heterocycles. The van der Waals surface area contributed by atoms with E-state index in [4.69, 9.17) is 39.5 Å². The lowest BCUT2D eigenvalue weighted by atomic mass is 10.2. The van der Waals surface area contributed by atoms with Crippen LogP contribution in [0.4, 0.5) is 5.13 Å². The van der Waals surface area contributed by atoms with Crippen molar-refractivity contribution in [2.75, 3.05) is 5.32 Å². The van der Waals surface area contributed by atoms with Crippen LogP contribution in [0.5, 0.6) is 5.75 Å². The van der Waals surface area contributed by atoms with Crippen molar-refractivity contribution in [3.63, 3.8) is 0 Å². The zero-order valence-corrected chi connectivity index (χ0v) is 17.5. The average Bonchev–Trinajstić information content (AvgIpc) is 3.05. The Morgan fingerprint density at radius 1 is 1.15 bits per heavy atom. The molecule has 0 saturated heterocycles. The van der Waals surface area contributed by atoms with Crippen LogP contribution in [0.15, 0.2) is 41.8 Å². The molecule has 0 aliphatic rings. The normalized spacial score (nSPS) is 11.9. The van der Waals surface area contributed by atoms with Gasteiger partial charge in [0, 0.05) is 21.0 Å². The number of nitrogens with one attached hydrogen (secondary N) is 1. The summed E-state index contributed by atoms with van der Waals surface area (Å²) in [6.45, 7) is 3.54. The summed E-state index contributed by atoms with van der Waals surface area (Å²) in [5.41, 5.74) is 2.27. The van der Waals surface area contributed by atoms with Gasteiger partial charge in [-0.25, -0.2) is 4.98 Å². The minimum atomic E-state index is -0.698. The van der Waals surface area contributed by atoms with Gasteiger partial charge in [-0.2, -0.15) is 0 Å². The van der Waals surface area contributed by atoms with Gasteiger partial charge < -0.3 is 4.74 Å². The number of aromatic nitrogens is 1. The van der Waals surface area contributed by atoms with Crippen LogP contribution in [0.3, 0.4) is 0 Å². The zero-order valence-electron chi connectivity index (χ0n) is 14.4. The van der Waals surface area contributed by atoms with Crippen molar-refractivity contribution in [1.29, 1.82) is 0 Å². The largest absolute Gasteiger partial charge is 0.481 e. The first-order valence-electron chi connectivity index (χ1n) is 7.98. The molecule has 1 amide bonds.